The Hall–Kier alpha value is -7.46. The zero-order chi connectivity index (χ0) is 70.8. The van der Waals surface area contributed by atoms with Crippen LogP contribution in [0.25, 0.3) is 0 Å². The Morgan fingerprint density at radius 2 is 0.929 bits per heavy atom. The highest BCUT2D eigenvalue weighted by Crippen LogP contribution is 2.45. The molecule has 1 amide bonds. The minimum Gasteiger partial charge on any atom is -0.508 e. The maximum atomic E-state index is 13.9. The van der Waals surface area contributed by atoms with Gasteiger partial charge in [-0.3, -0.25) is 57.0 Å². The number of phenols is 2. The fourth-order valence-corrected chi connectivity index (χ4v) is 15.0. The molecule has 5 atom stereocenters. The number of hydrogen-bond acceptors (Lipinski definition) is 14. The molecule has 0 saturated carbocycles. The number of ether oxygens (including phenoxy) is 3. The van der Waals surface area contributed by atoms with Crippen LogP contribution in [0.4, 0.5) is 22.0 Å². The number of aromatic hydroxyl groups is 2. The predicted octanol–water partition coefficient (Wildman–Crippen LogP) is 11.7. The van der Waals surface area contributed by atoms with Crippen molar-refractivity contribution in [1.82, 2.24) is 29.4 Å². The van der Waals surface area contributed by atoms with Crippen LogP contribution in [0, 0.1) is 29.6 Å². The maximum absolute atomic E-state index is 13.9. The van der Waals surface area contributed by atoms with Crippen molar-refractivity contribution in [2.45, 2.75) is 90.8 Å². The molecule has 15 nitrogen and oxygen atoms in total. The number of phenolic OH excluding ortho intramolecular Hbond substituents is 2. The third-order valence-corrected chi connectivity index (χ3v) is 21.2. The molecule has 3 saturated heterocycles. The van der Waals surface area contributed by atoms with Crippen molar-refractivity contribution in [2.75, 3.05) is 138 Å². The Bertz CT molecular complexity index is 3520. The van der Waals surface area contributed by atoms with Crippen molar-refractivity contribution >= 4 is 17.5 Å². The molecular weight excluding hydrogens is 1270 g/mol. The number of alkyl halides is 5. The fraction of sp³-hybridized carbons (Fsp3) is 0.506. The number of halogens is 5. The molecule has 0 radical (unpaired) electrons. The Labute approximate surface area is 581 Å². The summed E-state index contributed by atoms with van der Waals surface area (Å²) in [6.45, 7) is 23.8. The zero-order valence-corrected chi connectivity index (χ0v) is 58.6. The molecule has 6 heterocycles. The van der Waals surface area contributed by atoms with Crippen LogP contribution in [0.15, 0.2) is 127 Å². The van der Waals surface area contributed by atoms with E-state index in [0.717, 1.165) is 153 Å². The molecule has 4 N–H and O–H groups in total. The number of ketones is 2. The van der Waals surface area contributed by atoms with E-state index in [2.05, 4.69) is 62.6 Å². The Morgan fingerprint density at radius 1 is 0.545 bits per heavy atom. The monoisotopic (exact) mass is 1370 g/mol. The molecule has 20 heteroatoms. The number of hydrogen-bond donors (Lipinski definition) is 3. The van der Waals surface area contributed by atoms with Crippen molar-refractivity contribution in [3.05, 3.63) is 183 Å². The number of carbonyl (C=O) groups is 3. The van der Waals surface area contributed by atoms with E-state index < -0.39 is 22.9 Å². The normalized spacial score (nSPS) is 21.5. The number of rotatable bonds is 27. The summed E-state index contributed by atoms with van der Waals surface area (Å²) >= 11 is 0. The van der Waals surface area contributed by atoms with Crippen LogP contribution in [0.2, 0.25) is 0 Å². The lowest BCUT2D eigenvalue weighted by Crippen LogP contribution is -2.51. The molecule has 534 valence electrons. The Kier molecular flexibility index (Phi) is 24.7. The molecule has 12 rings (SSSR count). The van der Waals surface area contributed by atoms with Crippen LogP contribution in [0.3, 0.4) is 0 Å². The van der Waals surface area contributed by atoms with Gasteiger partial charge in [0.15, 0.2) is 0 Å². The first kappa shape index (κ1) is 74.2. The summed E-state index contributed by atoms with van der Waals surface area (Å²) < 4.78 is 83.3. The number of nitrogens with zero attached hydrogens (tertiary/aromatic N) is 6. The fourth-order valence-electron chi connectivity index (χ4n) is 15.0. The average molecular weight is 1370 g/mol. The van der Waals surface area contributed by atoms with E-state index in [4.69, 9.17) is 19.9 Å². The molecule has 99 heavy (non-hydrogen) atoms. The SMILES string of the molecule is CC(=O)[C@H](C)CN1CCc2cc(O)ccc2[C@@]1(C)c1ccc(OCCN2CC(CF)C2)cc1.CC(=O)[C@H](C)CN1CCc2cc(O)ccc2[C@]1(C)c1ccc(OCCN2CC(CF)C2)cc1.CC(F)(F)CN1CCc2cc(C(N)=O)ccc2[C@H]1c1ccc(OCCN2CC(CF)C2)cc1. The lowest BCUT2D eigenvalue weighted by atomic mass is 9.76. The molecule has 6 aliphatic heterocycles. The number of Topliss-reactive ketones (excluding diaryl/α,β-unsaturated/α-hetero) is 2. The summed E-state index contributed by atoms with van der Waals surface area (Å²) in [5, 5.41) is 20.0. The van der Waals surface area contributed by atoms with Gasteiger partial charge >= 0.3 is 0 Å². The van der Waals surface area contributed by atoms with Crippen molar-refractivity contribution < 1.29 is 60.8 Å². The first-order chi connectivity index (χ1) is 47.3. The van der Waals surface area contributed by atoms with E-state index in [1.54, 1.807) is 43.0 Å². The summed E-state index contributed by atoms with van der Waals surface area (Å²) in [6, 6.07) is 40.1. The van der Waals surface area contributed by atoms with Crippen LogP contribution in [-0.4, -0.2) is 201 Å². The van der Waals surface area contributed by atoms with Crippen molar-refractivity contribution in [2.24, 2.45) is 35.3 Å². The number of carbonyl (C=O) groups excluding carboxylic acids is 3. The number of amides is 1. The molecule has 0 bridgehead atoms. The molecule has 6 aliphatic rings. The molecule has 0 spiro atoms. The van der Waals surface area contributed by atoms with Gasteiger partial charge in [0.25, 0.3) is 5.92 Å². The van der Waals surface area contributed by atoms with E-state index in [0.29, 0.717) is 57.2 Å². The van der Waals surface area contributed by atoms with E-state index in [1.807, 2.05) is 92.7 Å². The second-order valence-corrected chi connectivity index (χ2v) is 28.7. The topological polar surface area (TPSA) is 165 Å². The number of benzene rings is 6. The molecule has 0 aliphatic carbocycles. The van der Waals surface area contributed by atoms with Crippen molar-refractivity contribution in [3.63, 3.8) is 0 Å². The van der Waals surface area contributed by atoms with Gasteiger partial charge in [-0.05, 0) is 170 Å². The summed E-state index contributed by atoms with van der Waals surface area (Å²) in [4.78, 5) is 48.7. The molecule has 6 aromatic rings. The number of primary amides is 1. The minimum atomic E-state index is -2.83. The van der Waals surface area contributed by atoms with Crippen molar-refractivity contribution in [3.8, 4) is 28.7 Å². The van der Waals surface area contributed by atoms with Gasteiger partial charge in [0, 0.05) is 134 Å². The van der Waals surface area contributed by atoms with Crippen LogP contribution in [0.5, 0.6) is 28.7 Å². The van der Waals surface area contributed by atoms with Gasteiger partial charge in [-0.2, -0.15) is 0 Å². The van der Waals surface area contributed by atoms with Gasteiger partial charge in [-0.15, -0.1) is 0 Å². The summed E-state index contributed by atoms with van der Waals surface area (Å²) in [6.07, 6.45) is 2.25. The lowest BCUT2D eigenvalue weighted by Gasteiger charge is -2.47. The third-order valence-electron chi connectivity index (χ3n) is 21.2. The smallest absolute Gasteiger partial charge is 0.257 e. The third kappa shape index (κ3) is 18.2. The molecule has 0 unspecified atom stereocenters. The molecule has 0 aromatic heterocycles. The Balaban J connectivity index is 0.000000161. The highest BCUT2D eigenvalue weighted by molar-refractivity contribution is 5.93. The highest BCUT2D eigenvalue weighted by Gasteiger charge is 2.43. The first-order valence-corrected chi connectivity index (χ1v) is 35.1. The molecular formula is C79H100F5N7O8. The summed E-state index contributed by atoms with van der Waals surface area (Å²) in [5.41, 5.74) is 14.6. The lowest BCUT2D eigenvalue weighted by molar-refractivity contribution is -0.122. The largest absolute Gasteiger partial charge is 0.508 e. The van der Waals surface area contributed by atoms with Crippen LogP contribution < -0.4 is 19.9 Å². The maximum Gasteiger partial charge on any atom is 0.257 e. The van der Waals surface area contributed by atoms with E-state index in [1.165, 1.54) is 0 Å². The Morgan fingerprint density at radius 3 is 1.29 bits per heavy atom. The van der Waals surface area contributed by atoms with E-state index >= 15 is 0 Å². The quantitative estimate of drug-likeness (QED) is 0.0417. The first-order valence-electron chi connectivity index (χ1n) is 35.1. The van der Waals surface area contributed by atoms with Crippen LogP contribution >= 0.6 is 0 Å². The number of likely N-dealkylation sites (tertiary alicyclic amines) is 3. The highest BCUT2D eigenvalue weighted by atomic mass is 19.3. The minimum absolute atomic E-state index is 0.0518. The standard InChI is InChI=1S/2C27H35FN2O3.C25H30F3N3O2/c2*1-19(20(2)31)16-30-11-10-22-14-24(32)6-9-26(22)27(30,3)23-4-7-25(8-5-23)33-13-12-29-17-21(15-28)18-29;1-25(27,28)16-31-9-8-19-12-20(24(29)32)4-7-22(19)23(31)18-2-5-21(6-3-18)33-11-10-30-14-17(13-26)15-30/h2*4-9,14,19,21,32H,10-13,15-18H2,1-3H3;2-7,12,17,23H,8-11,13-16H2,1H3,(H2,29,32)/t19-,27+;19-,27-;23-/m111/s1. The van der Waals surface area contributed by atoms with Gasteiger partial charge in [0.1, 0.15) is 60.1 Å². The molecule has 6 aromatic carbocycles. The zero-order valence-electron chi connectivity index (χ0n) is 58.6. The second kappa shape index (κ2) is 32.9. The van der Waals surface area contributed by atoms with Gasteiger partial charge in [0.2, 0.25) is 5.91 Å². The van der Waals surface area contributed by atoms with Crippen LogP contribution in [0.1, 0.15) is 115 Å². The van der Waals surface area contributed by atoms with Gasteiger partial charge in [-0.1, -0.05) is 68.4 Å². The van der Waals surface area contributed by atoms with Gasteiger partial charge in [-0.25, -0.2) is 8.78 Å². The summed E-state index contributed by atoms with van der Waals surface area (Å²) in [5.74, 6) is 0.387. The van der Waals surface area contributed by atoms with Gasteiger partial charge < -0.3 is 30.2 Å². The predicted molar refractivity (Wildman–Crippen MR) is 376 cm³/mol. The summed E-state index contributed by atoms with van der Waals surface area (Å²) in [7, 11) is 0. The number of nitrogens with two attached hydrogens (primary N) is 1. The van der Waals surface area contributed by atoms with Gasteiger partial charge in [0.05, 0.1) is 43.7 Å². The number of fused-ring (bicyclic) bond motifs is 3. The van der Waals surface area contributed by atoms with E-state index in [-0.39, 0.29) is 85.3 Å². The molecule has 3 fully saturated rings. The second-order valence-electron chi connectivity index (χ2n) is 28.7. The van der Waals surface area contributed by atoms with Crippen molar-refractivity contribution in [1.29, 1.82) is 0 Å². The average Bonchev–Trinajstić information content (AvgIpc) is 0.751. The van der Waals surface area contributed by atoms with Crippen LogP contribution in [-0.2, 0) is 39.9 Å². The van der Waals surface area contributed by atoms with E-state index in [9.17, 15) is 46.5 Å².